The summed E-state index contributed by atoms with van der Waals surface area (Å²) in [6.07, 6.45) is 4.35. The first-order valence-electron chi connectivity index (χ1n) is 11.2. The van der Waals surface area contributed by atoms with Gasteiger partial charge in [-0.05, 0) is 54.6 Å². The Bertz CT molecular complexity index is 1520. The highest BCUT2D eigenvalue weighted by molar-refractivity contribution is 8.02. The SMILES string of the molecule is Cn1cc2c([P+](c3ccccc3)(c3ccccc3)c3cccc4c3ccn4C)cccc2n1. The average Bonchev–Trinajstić information content (AvgIpc) is 3.43. The Morgan fingerprint density at radius 3 is 1.88 bits per heavy atom. The van der Waals surface area contributed by atoms with Crippen LogP contribution in [0.25, 0.3) is 21.8 Å². The summed E-state index contributed by atoms with van der Waals surface area (Å²) in [5, 5.41) is 12.7. The molecule has 2 heterocycles. The van der Waals surface area contributed by atoms with Gasteiger partial charge >= 0.3 is 0 Å². The predicted octanol–water partition coefficient (Wildman–Crippen LogP) is 4.68. The van der Waals surface area contributed by atoms with Crippen molar-refractivity contribution in [1.29, 1.82) is 0 Å². The lowest BCUT2D eigenvalue weighted by atomic mass is 10.2. The molecule has 0 spiro atoms. The van der Waals surface area contributed by atoms with Gasteiger partial charge in [0.1, 0.15) is 28.5 Å². The summed E-state index contributed by atoms with van der Waals surface area (Å²) in [6, 6.07) is 37.7. The van der Waals surface area contributed by atoms with Crippen molar-refractivity contribution >= 4 is 50.3 Å². The summed E-state index contributed by atoms with van der Waals surface area (Å²) in [6.45, 7) is 0. The van der Waals surface area contributed by atoms with Crippen LogP contribution in [0.1, 0.15) is 0 Å². The number of rotatable bonds is 4. The molecule has 0 aliphatic heterocycles. The van der Waals surface area contributed by atoms with E-state index in [1.54, 1.807) is 0 Å². The van der Waals surface area contributed by atoms with E-state index in [4.69, 9.17) is 5.10 Å². The summed E-state index contributed by atoms with van der Waals surface area (Å²) < 4.78 is 4.15. The van der Waals surface area contributed by atoms with Crippen molar-refractivity contribution < 1.29 is 0 Å². The molecule has 6 rings (SSSR count). The van der Waals surface area contributed by atoms with Gasteiger partial charge in [-0.1, -0.05) is 48.5 Å². The molecule has 0 fully saturated rings. The summed E-state index contributed by atoms with van der Waals surface area (Å²) in [5.41, 5.74) is 2.29. The molecule has 0 unspecified atom stereocenters. The smallest absolute Gasteiger partial charge is 0.145 e. The summed E-state index contributed by atoms with van der Waals surface area (Å²) in [5.74, 6) is 0. The topological polar surface area (TPSA) is 22.8 Å². The molecule has 0 amide bonds. The lowest BCUT2D eigenvalue weighted by Crippen LogP contribution is -2.39. The van der Waals surface area contributed by atoms with E-state index >= 15 is 0 Å². The van der Waals surface area contributed by atoms with E-state index in [2.05, 4.69) is 127 Å². The van der Waals surface area contributed by atoms with Crippen LogP contribution < -0.4 is 21.2 Å². The molecule has 0 saturated heterocycles. The third kappa shape index (κ3) is 2.97. The van der Waals surface area contributed by atoms with Gasteiger partial charge < -0.3 is 4.57 Å². The van der Waals surface area contributed by atoms with Crippen LogP contribution in [0, 0.1) is 0 Å². The first kappa shape index (κ1) is 20.0. The Kier molecular flexibility index (Phi) is 4.67. The highest BCUT2D eigenvalue weighted by atomic mass is 31.2. The van der Waals surface area contributed by atoms with E-state index in [1.165, 1.54) is 37.5 Å². The molecule has 0 radical (unpaired) electrons. The number of fused-ring (bicyclic) bond motifs is 2. The Morgan fingerprint density at radius 1 is 0.606 bits per heavy atom. The molecule has 0 bridgehead atoms. The zero-order valence-electron chi connectivity index (χ0n) is 18.8. The number of nitrogens with zero attached hydrogens (tertiary/aromatic N) is 3. The maximum atomic E-state index is 4.77. The van der Waals surface area contributed by atoms with Gasteiger partial charge in [-0.25, -0.2) is 0 Å². The maximum Gasteiger partial charge on any atom is 0.145 e. The lowest BCUT2D eigenvalue weighted by molar-refractivity contribution is 0.780. The zero-order valence-corrected chi connectivity index (χ0v) is 19.7. The van der Waals surface area contributed by atoms with E-state index in [1.807, 2.05) is 11.7 Å². The Morgan fingerprint density at radius 2 is 1.21 bits per heavy atom. The van der Waals surface area contributed by atoms with Gasteiger partial charge in [0.25, 0.3) is 0 Å². The minimum absolute atomic E-state index is 1.03. The van der Waals surface area contributed by atoms with Crippen LogP contribution in [0.3, 0.4) is 0 Å². The van der Waals surface area contributed by atoms with Gasteiger partial charge in [0.2, 0.25) is 0 Å². The van der Waals surface area contributed by atoms with Crippen LogP contribution in [0.2, 0.25) is 0 Å². The molecule has 4 heteroatoms. The third-order valence-corrected chi connectivity index (χ3v) is 10.9. The first-order valence-corrected chi connectivity index (χ1v) is 13.0. The van der Waals surface area contributed by atoms with Crippen LogP contribution in [0.5, 0.6) is 0 Å². The van der Waals surface area contributed by atoms with Crippen LogP contribution in [0.15, 0.2) is 116 Å². The molecule has 2 aromatic heterocycles. The minimum Gasteiger partial charge on any atom is -0.350 e. The molecule has 3 nitrogen and oxygen atoms in total. The second-order valence-electron chi connectivity index (χ2n) is 8.49. The average molecular weight is 447 g/mol. The van der Waals surface area contributed by atoms with Gasteiger partial charge in [-0.2, -0.15) is 5.10 Å². The number of aryl methyl sites for hydroxylation is 2. The molecule has 0 aliphatic rings. The number of hydrogen-bond donors (Lipinski definition) is 0. The molecule has 0 atom stereocenters. The van der Waals surface area contributed by atoms with Crippen LogP contribution in [-0.4, -0.2) is 14.3 Å². The van der Waals surface area contributed by atoms with E-state index in [-0.39, 0.29) is 0 Å². The number of hydrogen-bond acceptors (Lipinski definition) is 1. The van der Waals surface area contributed by atoms with E-state index in [9.17, 15) is 0 Å². The van der Waals surface area contributed by atoms with E-state index < -0.39 is 7.26 Å². The van der Waals surface area contributed by atoms with Crippen molar-refractivity contribution in [2.24, 2.45) is 14.1 Å². The second-order valence-corrected chi connectivity index (χ2v) is 11.8. The molecule has 6 aromatic rings. The van der Waals surface area contributed by atoms with Crippen LogP contribution in [0.4, 0.5) is 0 Å². The van der Waals surface area contributed by atoms with Crippen molar-refractivity contribution in [2.75, 3.05) is 0 Å². The van der Waals surface area contributed by atoms with Crippen LogP contribution in [-0.2, 0) is 14.1 Å². The monoisotopic (exact) mass is 446 g/mol. The molecule has 160 valence electrons. The molecular formula is C29H25N3P+. The summed E-state index contributed by atoms with van der Waals surface area (Å²) in [7, 11) is 1.89. The Hall–Kier alpha value is -3.68. The molecule has 4 aromatic carbocycles. The first-order chi connectivity index (χ1) is 16.2. The fourth-order valence-corrected chi connectivity index (χ4v) is 9.77. The van der Waals surface area contributed by atoms with Gasteiger partial charge in [-0.15, -0.1) is 0 Å². The number of benzene rings is 4. The minimum atomic E-state index is -2.24. The highest BCUT2D eigenvalue weighted by Crippen LogP contribution is 2.56. The quantitative estimate of drug-likeness (QED) is 0.361. The largest absolute Gasteiger partial charge is 0.350 e. The van der Waals surface area contributed by atoms with Gasteiger partial charge in [0.15, 0.2) is 0 Å². The Labute approximate surface area is 194 Å². The maximum absolute atomic E-state index is 4.77. The second kappa shape index (κ2) is 7.72. The van der Waals surface area contributed by atoms with Crippen molar-refractivity contribution in [2.45, 2.75) is 0 Å². The van der Waals surface area contributed by atoms with Gasteiger partial charge in [-0.3, -0.25) is 4.68 Å². The van der Waals surface area contributed by atoms with E-state index in [0.29, 0.717) is 0 Å². The van der Waals surface area contributed by atoms with Gasteiger partial charge in [0, 0.05) is 31.9 Å². The van der Waals surface area contributed by atoms with Crippen molar-refractivity contribution in [3.63, 3.8) is 0 Å². The summed E-state index contributed by atoms with van der Waals surface area (Å²) >= 11 is 0. The third-order valence-electron chi connectivity index (χ3n) is 6.56. The fraction of sp³-hybridized carbons (Fsp3) is 0.0690. The standard InChI is InChI=1S/C29H25N3P/c1-31-20-19-24-27(31)16-10-18-28(24)33(22-11-5-3-6-12-22,23-13-7-4-8-14-23)29-17-9-15-26-25(29)21-32(2)30-26/h3-21H,1-2H3/q+1. The Balaban J connectivity index is 1.86. The summed E-state index contributed by atoms with van der Waals surface area (Å²) in [4.78, 5) is 0. The lowest BCUT2D eigenvalue weighted by Gasteiger charge is -2.28. The molecule has 0 aliphatic carbocycles. The van der Waals surface area contributed by atoms with Crippen molar-refractivity contribution in [3.05, 3.63) is 116 Å². The van der Waals surface area contributed by atoms with Crippen LogP contribution >= 0.6 is 7.26 Å². The zero-order chi connectivity index (χ0) is 22.4. The predicted molar refractivity (Wildman–Crippen MR) is 142 cm³/mol. The molecule has 0 saturated carbocycles. The van der Waals surface area contributed by atoms with E-state index in [0.717, 1.165) is 5.52 Å². The van der Waals surface area contributed by atoms with Crippen molar-refractivity contribution in [1.82, 2.24) is 14.3 Å². The van der Waals surface area contributed by atoms with Gasteiger partial charge in [0.05, 0.1) is 16.4 Å². The molecular weight excluding hydrogens is 421 g/mol. The normalized spacial score (nSPS) is 11.9. The fourth-order valence-electron chi connectivity index (χ4n) is 5.16. The molecule has 33 heavy (non-hydrogen) atoms. The highest BCUT2D eigenvalue weighted by Gasteiger charge is 2.50. The molecule has 0 N–H and O–H groups in total. The van der Waals surface area contributed by atoms with Crippen molar-refractivity contribution in [3.8, 4) is 0 Å². The number of aromatic nitrogens is 3.